The lowest BCUT2D eigenvalue weighted by Crippen LogP contribution is -2.13. The average Bonchev–Trinajstić information content (AvgIpc) is 2.33. The van der Waals surface area contributed by atoms with Gasteiger partial charge in [0.25, 0.3) is 0 Å². The Balaban J connectivity index is 2.84. The highest BCUT2D eigenvalue weighted by molar-refractivity contribution is 6.33. The smallest absolute Gasteiger partial charge is 0.356 e. The number of rotatable bonds is 1. The van der Waals surface area contributed by atoms with Gasteiger partial charge in [0.05, 0.1) is 7.11 Å². The highest BCUT2D eigenvalue weighted by atomic mass is 35.5. The Kier molecular flexibility index (Phi) is 2.66. The summed E-state index contributed by atoms with van der Waals surface area (Å²) in [4.78, 5) is 25.9. The minimum atomic E-state index is -0.659. The van der Waals surface area contributed by atoms with E-state index < -0.39 is 5.97 Å². The average molecular weight is 238 g/mol. The minimum absolute atomic E-state index is 0.0205. The summed E-state index contributed by atoms with van der Waals surface area (Å²) in [5, 5.41) is 0.297. The molecule has 0 aliphatic heterocycles. The number of carbonyl (C=O) groups excluding carboxylic acids is 1. The third kappa shape index (κ3) is 1.57. The summed E-state index contributed by atoms with van der Waals surface area (Å²) >= 11 is 5.80. The van der Waals surface area contributed by atoms with Gasteiger partial charge < -0.3 is 9.72 Å². The minimum Gasteiger partial charge on any atom is -0.464 e. The van der Waals surface area contributed by atoms with Gasteiger partial charge in [-0.1, -0.05) is 23.7 Å². The van der Waals surface area contributed by atoms with E-state index in [-0.39, 0.29) is 16.1 Å². The van der Waals surface area contributed by atoms with Gasteiger partial charge in [0.2, 0.25) is 5.43 Å². The molecule has 0 amide bonds. The highest BCUT2D eigenvalue weighted by Gasteiger charge is 2.16. The largest absolute Gasteiger partial charge is 0.464 e. The monoisotopic (exact) mass is 237 g/mol. The molecule has 1 aromatic carbocycles. The molecule has 4 nitrogen and oxygen atoms in total. The molecule has 5 heteroatoms. The number of benzene rings is 1. The molecule has 16 heavy (non-hydrogen) atoms. The first-order valence-corrected chi connectivity index (χ1v) is 4.91. The van der Waals surface area contributed by atoms with E-state index in [1.54, 1.807) is 24.3 Å². The quantitative estimate of drug-likeness (QED) is 0.772. The standard InChI is InChI=1S/C11H8ClNO3/c1-16-11(15)9-8(12)10(14)6-4-2-3-5-7(6)13-9/h2-5H,1H3,(H,13,14). The summed E-state index contributed by atoms with van der Waals surface area (Å²) in [6, 6.07) is 6.82. The zero-order valence-electron chi connectivity index (χ0n) is 8.41. The third-order valence-corrected chi connectivity index (χ3v) is 2.60. The molecule has 1 heterocycles. The van der Waals surface area contributed by atoms with Crippen LogP contribution in [0.5, 0.6) is 0 Å². The molecule has 0 fully saturated rings. The molecular formula is C11H8ClNO3. The molecule has 0 saturated heterocycles. The number of aromatic nitrogens is 1. The van der Waals surface area contributed by atoms with Gasteiger partial charge in [0, 0.05) is 10.9 Å². The molecule has 1 aromatic heterocycles. The number of H-pyrrole nitrogens is 1. The lowest BCUT2D eigenvalue weighted by Gasteiger charge is -2.04. The Morgan fingerprint density at radius 2 is 2.06 bits per heavy atom. The van der Waals surface area contributed by atoms with Crippen molar-refractivity contribution in [2.24, 2.45) is 0 Å². The SMILES string of the molecule is COC(=O)c1[nH]c2ccccc2c(=O)c1Cl. The zero-order chi connectivity index (χ0) is 11.7. The lowest BCUT2D eigenvalue weighted by atomic mass is 10.2. The van der Waals surface area contributed by atoms with Gasteiger partial charge in [-0.3, -0.25) is 4.79 Å². The van der Waals surface area contributed by atoms with Crippen molar-refractivity contribution in [3.05, 3.63) is 45.2 Å². The van der Waals surface area contributed by atoms with Crippen LogP contribution >= 0.6 is 11.6 Å². The van der Waals surface area contributed by atoms with Gasteiger partial charge >= 0.3 is 5.97 Å². The molecule has 2 rings (SSSR count). The molecule has 0 unspecified atom stereocenters. The number of aromatic amines is 1. The molecule has 0 radical (unpaired) electrons. The molecule has 0 spiro atoms. The van der Waals surface area contributed by atoms with E-state index in [1.807, 2.05) is 0 Å². The molecule has 0 bridgehead atoms. The van der Waals surface area contributed by atoms with Crippen molar-refractivity contribution in [2.75, 3.05) is 7.11 Å². The third-order valence-electron chi connectivity index (χ3n) is 2.24. The van der Waals surface area contributed by atoms with Crippen molar-refractivity contribution in [1.29, 1.82) is 0 Å². The van der Waals surface area contributed by atoms with E-state index >= 15 is 0 Å². The summed E-state index contributed by atoms with van der Waals surface area (Å²) in [5.41, 5.74) is 0.154. The lowest BCUT2D eigenvalue weighted by molar-refractivity contribution is 0.0594. The molecule has 0 aliphatic rings. The van der Waals surface area contributed by atoms with Gasteiger partial charge in [-0.25, -0.2) is 4.79 Å². The van der Waals surface area contributed by atoms with Gasteiger partial charge in [-0.05, 0) is 12.1 Å². The molecule has 0 aliphatic carbocycles. The Morgan fingerprint density at radius 1 is 1.38 bits per heavy atom. The predicted molar refractivity (Wildman–Crippen MR) is 60.9 cm³/mol. The molecule has 82 valence electrons. The van der Waals surface area contributed by atoms with E-state index in [0.29, 0.717) is 10.9 Å². The van der Waals surface area contributed by atoms with Crippen molar-refractivity contribution in [1.82, 2.24) is 4.98 Å². The Morgan fingerprint density at radius 3 is 2.75 bits per heavy atom. The number of hydrogen-bond acceptors (Lipinski definition) is 3. The first-order chi connectivity index (χ1) is 7.65. The molecular weight excluding hydrogens is 230 g/mol. The van der Waals surface area contributed by atoms with E-state index in [0.717, 1.165) is 0 Å². The van der Waals surface area contributed by atoms with Crippen LogP contribution < -0.4 is 5.43 Å². The van der Waals surface area contributed by atoms with Gasteiger partial charge in [0.1, 0.15) is 10.7 Å². The number of nitrogens with one attached hydrogen (secondary N) is 1. The number of carbonyl (C=O) groups is 1. The second-order valence-electron chi connectivity index (χ2n) is 3.18. The molecule has 1 N–H and O–H groups in total. The van der Waals surface area contributed by atoms with Crippen LogP contribution in [0.1, 0.15) is 10.5 Å². The normalized spacial score (nSPS) is 10.4. The Labute approximate surface area is 95.8 Å². The van der Waals surface area contributed by atoms with Crippen LogP contribution in [-0.4, -0.2) is 18.1 Å². The van der Waals surface area contributed by atoms with Gasteiger partial charge in [-0.15, -0.1) is 0 Å². The van der Waals surface area contributed by atoms with Crippen LogP contribution in [0.25, 0.3) is 10.9 Å². The zero-order valence-corrected chi connectivity index (χ0v) is 9.17. The summed E-state index contributed by atoms with van der Waals surface area (Å²) < 4.78 is 4.53. The van der Waals surface area contributed by atoms with E-state index in [2.05, 4.69) is 9.72 Å². The maximum absolute atomic E-state index is 11.8. The van der Waals surface area contributed by atoms with Gasteiger partial charge in [0.15, 0.2) is 0 Å². The Bertz CT molecular complexity index is 618. The van der Waals surface area contributed by atoms with Crippen LogP contribution in [0.3, 0.4) is 0 Å². The predicted octanol–water partition coefficient (Wildman–Crippen LogP) is 1.97. The molecule has 0 atom stereocenters. The van der Waals surface area contributed by atoms with Crippen molar-refractivity contribution >= 4 is 28.5 Å². The maximum atomic E-state index is 11.8. The second-order valence-corrected chi connectivity index (χ2v) is 3.56. The van der Waals surface area contributed by atoms with E-state index in [1.165, 1.54) is 7.11 Å². The summed E-state index contributed by atoms with van der Waals surface area (Å²) in [5.74, 6) is -0.659. The number of esters is 1. The fraction of sp³-hybridized carbons (Fsp3) is 0.0909. The maximum Gasteiger partial charge on any atom is 0.356 e. The van der Waals surface area contributed by atoms with Crippen molar-refractivity contribution in [2.45, 2.75) is 0 Å². The summed E-state index contributed by atoms with van der Waals surface area (Å²) in [7, 11) is 1.23. The summed E-state index contributed by atoms with van der Waals surface area (Å²) in [6.45, 7) is 0. The number of para-hydroxylation sites is 1. The van der Waals surface area contributed by atoms with Crippen molar-refractivity contribution in [3.8, 4) is 0 Å². The number of methoxy groups -OCH3 is 1. The topological polar surface area (TPSA) is 59.2 Å². The van der Waals surface area contributed by atoms with Crippen LogP contribution in [0, 0.1) is 0 Å². The number of pyridine rings is 1. The van der Waals surface area contributed by atoms with Crippen LogP contribution in [0.15, 0.2) is 29.1 Å². The van der Waals surface area contributed by atoms with Crippen LogP contribution in [-0.2, 0) is 4.74 Å². The number of halogens is 1. The fourth-order valence-electron chi connectivity index (χ4n) is 1.45. The highest BCUT2D eigenvalue weighted by Crippen LogP contribution is 2.15. The number of ether oxygens (including phenoxy) is 1. The molecule has 2 aromatic rings. The fourth-order valence-corrected chi connectivity index (χ4v) is 1.68. The number of hydrogen-bond donors (Lipinski definition) is 1. The van der Waals surface area contributed by atoms with E-state index in [9.17, 15) is 9.59 Å². The first kappa shape index (κ1) is 10.7. The van der Waals surface area contributed by atoms with Crippen molar-refractivity contribution in [3.63, 3.8) is 0 Å². The Hall–Kier alpha value is -1.81. The van der Waals surface area contributed by atoms with Crippen molar-refractivity contribution < 1.29 is 9.53 Å². The number of fused-ring (bicyclic) bond motifs is 1. The van der Waals surface area contributed by atoms with E-state index in [4.69, 9.17) is 11.6 Å². The summed E-state index contributed by atoms with van der Waals surface area (Å²) in [6.07, 6.45) is 0. The molecule has 0 saturated carbocycles. The first-order valence-electron chi connectivity index (χ1n) is 4.54. The van der Waals surface area contributed by atoms with Crippen LogP contribution in [0.4, 0.5) is 0 Å². The van der Waals surface area contributed by atoms with Crippen LogP contribution in [0.2, 0.25) is 5.02 Å². The second kappa shape index (κ2) is 3.98. The van der Waals surface area contributed by atoms with Gasteiger partial charge in [-0.2, -0.15) is 0 Å².